The zero-order valence-electron chi connectivity index (χ0n) is 13.4. The van der Waals surface area contributed by atoms with Crippen LogP contribution in [0.5, 0.6) is 0 Å². The van der Waals surface area contributed by atoms with Gasteiger partial charge >= 0.3 is 12.1 Å². The summed E-state index contributed by atoms with van der Waals surface area (Å²) in [6.45, 7) is 11.3. The molecule has 1 heterocycles. The third-order valence-corrected chi connectivity index (χ3v) is 2.82. The van der Waals surface area contributed by atoms with Crippen molar-refractivity contribution in [1.82, 2.24) is 4.90 Å². The Balaban J connectivity index is 3.02. The summed E-state index contributed by atoms with van der Waals surface area (Å²) >= 11 is 0. The fraction of sp³-hybridized carbons (Fsp3) is 0.857. The smallest absolute Gasteiger partial charge is 0.413 e. The van der Waals surface area contributed by atoms with Gasteiger partial charge in [0, 0.05) is 5.41 Å². The van der Waals surface area contributed by atoms with Crippen molar-refractivity contribution in [3.05, 3.63) is 0 Å². The Morgan fingerprint density at radius 1 is 1.15 bits per heavy atom. The first-order chi connectivity index (χ1) is 8.97. The lowest BCUT2D eigenvalue weighted by Crippen LogP contribution is -2.51. The van der Waals surface area contributed by atoms with Crippen LogP contribution < -0.4 is 0 Å². The maximum atomic E-state index is 12.4. The van der Waals surface area contributed by atoms with E-state index in [0.29, 0.717) is 0 Å². The Morgan fingerprint density at radius 3 is 2.10 bits per heavy atom. The van der Waals surface area contributed by atoms with E-state index in [1.165, 1.54) is 12.0 Å². The van der Waals surface area contributed by atoms with Crippen LogP contribution in [-0.4, -0.2) is 48.5 Å². The lowest BCUT2D eigenvalue weighted by Gasteiger charge is -2.35. The molecule has 0 bridgehead atoms. The Bertz CT molecular complexity index is 380. The Labute approximate surface area is 120 Å². The maximum absolute atomic E-state index is 12.4. The lowest BCUT2D eigenvalue weighted by molar-refractivity contribution is -0.146. The van der Waals surface area contributed by atoms with E-state index in [1.807, 2.05) is 20.8 Å². The molecule has 1 aliphatic heterocycles. The number of amides is 1. The molecule has 0 aromatic heterocycles. The quantitative estimate of drug-likeness (QED) is 0.691. The summed E-state index contributed by atoms with van der Waals surface area (Å²) in [7, 11) is 1.29. The van der Waals surface area contributed by atoms with Crippen molar-refractivity contribution < 1.29 is 23.8 Å². The zero-order valence-corrected chi connectivity index (χ0v) is 13.4. The van der Waals surface area contributed by atoms with Crippen molar-refractivity contribution in [2.45, 2.75) is 59.4 Å². The number of hydrogen-bond donors (Lipinski definition) is 0. The molecule has 1 aliphatic rings. The van der Waals surface area contributed by atoms with Crippen LogP contribution in [0.2, 0.25) is 0 Å². The third-order valence-electron chi connectivity index (χ3n) is 2.82. The second-order valence-corrected chi connectivity index (χ2v) is 6.98. The molecular formula is C14H25NO5. The Hall–Kier alpha value is -1.30. The molecule has 0 aromatic rings. The zero-order chi connectivity index (χ0) is 15.7. The number of ether oxygens (including phenoxy) is 3. The minimum atomic E-state index is -0.765. The molecule has 6 nitrogen and oxygen atoms in total. The molecule has 1 fully saturated rings. The van der Waals surface area contributed by atoms with E-state index >= 15 is 0 Å². The van der Waals surface area contributed by atoms with Gasteiger partial charge in [-0.25, -0.2) is 9.59 Å². The first-order valence-corrected chi connectivity index (χ1v) is 6.68. The van der Waals surface area contributed by atoms with Gasteiger partial charge in [-0.15, -0.1) is 0 Å². The normalized spacial score (nSPS) is 23.6. The highest BCUT2D eigenvalue weighted by Crippen LogP contribution is 2.33. The summed E-state index contributed by atoms with van der Waals surface area (Å²) in [6.07, 6.45) is -1.09. The molecular weight excluding hydrogens is 262 g/mol. The molecule has 20 heavy (non-hydrogen) atoms. The second kappa shape index (κ2) is 5.60. The van der Waals surface area contributed by atoms with E-state index in [9.17, 15) is 9.59 Å². The average molecular weight is 287 g/mol. The van der Waals surface area contributed by atoms with Crippen LogP contribution in [-0.2, 0) is 19.0 Å². The van der Waals surface area contributed by atoms with Crippen LogP contribution in [0.4, 0.5) is 4.79 Å². The average Bonchev–Trinajstić information content (AvgIpc) is 2.69. The van der Waals surface area contributed by atoms with Crippen molar-refractivity contribution in [3.8, 4) is 0 Å². The molecule has 2 atom stereocenters. The van der Waals surface area contributed by atoms with Gasteiger partial charge in [0.05, 0.1) is 13.7 Å². The first-order valence-electron chi connectivity index (χ1n) is 6.68. The number of carbonyl (C=O) groups is 2. The minimum Gasteiger partial charge on any atom is -0.467 e. The van der Waals surface area contributed by atoms with E-state index in [0.717, 1.165) is 0 Å². The number of nitrogens with zero attached hydrogens (tertiary/aromatic N) is 1. The standard InChI is InChI=1S/C14H25NO5/c1-13(2,3)11-15(12(17)20-14(4,5)6)9(8-19-11)10(16)18-7/h9,11H,8H2,1-7H3/t9?,11-/m0/s1. The fourth-order valence-electron chi connectivity index (χ4n) is 2.03. The summed E-state index contributed by atoms with van der Waals surface area (Å²) in [5, 5.41) is 0. The summed E-state index contributed by atoms with van der Waals surface area (Å²) in [4.78, 5) is 25.5. The topological polar surface area (TPSA) is 65.1 Å². The molecule has 0 aliphatic carbocycles. The van der Waals surface area contributed by atoms with Gasteiger partial charge in [0.25, 0.3) is 0 Å². The van der Waals surface area contributed by atoms with E-state index in [4.69, 9.17) is 14.2 Å². The summed E-state index contributed by atoms with van der Waals surface area (Å²) < 4.78 is 15.7. The third kappa shape index (κ3) is 3.85. The van der Waals surface area contributed by atoms with Crippen molar-refractivity contribution in [1.29, 1.82) is 0 Å². The fourth-order valence-corrected chi connectivity index (χ4v) is 2.03. The van der Waals surface area contributed by atoms with E-state index in [1.54, 1.807) is 20.8 Å². The predicted molar refractivity (Wildman–Crippen MR) is 73.1 cm³/mol. The molecule has 1 amide bonds. The van der Waals surface area contributed by atoms with Crippen LogP contribution in [0.1, 0.15) is 41.5 Å². The van der Waals surface area contributed by atoms with Crippen molar-refractivity contribution in [2.75, 3.05) is 13.7 Å². The lowest BCUT2D eigenvalue weighted by atomic mass is 9.93. The van der Waals surface area contributed by atoms with Crippen molar-refractivity contribution in [3.63, 3.8) is 0 Å². The van der Waals surface area contributed by atoms with E-state index in [2.05, 4.69) is 0 Å². The van der Waals surface area contributed by atoms with Gasteiger partial charge in [0.15, 0.2) is 6.04 Å². The molecule has 6 heteroatoms. The predicted octanol–water partition coefficient (Wildman–Crippen LogP) is 2.17. The Kier molecular flexibility index (Phi) is 4.69. The highest BCUT2D eigenvalue weighted by Gasteiger charge is 2.48. The molecule has 0 radical (unpaired) electrons. The highest BCUT2D eigenvalue weighted by atomic mass is 16.6. The van der Waals surface area contributed by atoms with Crippen LogP contribution in [0.25, 0.3) is 0 Å². The number of rotatable bonds is 1. The van der Waals surface area contributed by atoms with Crippen LogP contribution in [0, 0.1) is 5.41 Å². The molecule has 0 saturated carbocycles. The summed E-state index contributed by atoms with van der Waals surface area (Å²) in [5.74, 6) is -0.498. The second-order valence-electron chi connectivity index (χ2n) is 6.98. The van der Waals surface area contributed by atoms with Gasteiger partial charge < -0.3 is 14.2 Å². The van der Waals surface area contributed by atoms with E-state index in [-0.39, 0.29) is 12.0 Å². The molecule has 1 saturated heterocycles. The number of esters is 1. The highest BCUT2D eigenvalue weighted by molar-refractivity contribution is 5.82. The van der Waals surface area contributed by atoms with Crippen molar-refractivity contribution in [2.24, 2.45) is 5.41 Å². The monoisotopic (exact) mass is 287 g/mol. The SMILES string of the molecule is COC(=O)C1CO[C@@H](C(C)(C)C)N1C(=O)OC(C)(C)C. The van der Waals surface area contributed by atoms with Crippen LogP contribution in [0.3, 0.4) is 0 Å². The number of methoxy groups -OCH3 is 1. The first kappa shape index (κ1) is 16.8. The molecule has 0 aromatic carbocycles. The molecule has 0 spiro atoms. The largest absolute Gasteiger partial charge is 0.467 e. The van der Waals surface area contributed by atoms with Crippen LogP contribution >= 0.6 is 0 Å². The molecule has 116 valence electrons. The van der Waals surface area contributed by atoms with Gasteiger partial charge in [-0.05, 0) is 20.8 Å². The minimum absolute atomic E-state index is 0.119. The van der Waals surface area contributed by atoms with Gasteiger partial charge in [0.1, 0.15) is 11.8 Å². The Morgan fingerprint density at radius 2 is 1.70 bits per heavy atom. The van der Waals surface area contributed by atoms with Gasteiger partial charge in [-0.3, -0.25) is 4.90 Å². The van der Waals surface area contributed by atoms with Gasteiger partial charge in [-0.2, -0.15) is 0 Å². The molecule has 1 unspecified atom stereocenters. The molecule has 1 rings (SSSR count). The van der Waals surface area contributed by atoms with Gasteiger partial charge in [0.2, 0.25) is 0 Å². The summed E-state index contributed by atoms with van der Waals surface area (Å²) in [5.41, 5.74) is -0.970. The molecule has 0 N–H and O–H groups in total. The van der Waals surface area contributed by atoms with Gasteiger partial charge in [-0.1, -0.05) is 20.8 Å². The summed E-state index contributed by atoms with van der Waals surface area (Å²) in [6, 6.07) is -0.765. The number of carbonyl (C=O) groups excluding carboxylic acids is 2. The van der Waals surface area contributed by atoms with E-state index < -0.39 is 29.9 Å². The maximum Gasteiger partial charge on any atom is 0.413 e. The van der Waals surface area contributed by atoms with Crippen molar-refractivity contribution >= 4 is 12.1 Å². The van der Waals surface area contributed by atoms with Crippen LogP contribution in [0.15, 0.2) is 0 Å². The number of hydrogen-bond acceptors (Lipinski definition) is 5.